The Morgan fingerprint density at radius 2 is 1.54 bits per heavy atom. The number of hydrogen-bond acceptors (Lipinski definition) is 7. The summed E-state index contributed by atoms with van der Waals surface area (Å²) in [6, 6.07) is 15.0. The van der Waals surface area contributed by atoms with Crippen LogP contribution in [-0.4, -0.2) is 69.2 Å². The molecule has 0 aliphatic carbocycles. The van der Waals surface area contributed by atoms with Crippen LogP contribution in [0.3, 0.4) is 0 Å². The fraction of sp³-hybridized carbons (Fsp3) is 0.400. The lowest BCUT2D eigenvalue weighted by Crippen LogP contribution is -2.51. The molecular formula is C25H32N2O6S2. The van der Waals surface area contributed by atoms with Crippen LogP contribution in [0.2, 0.25) is 0 Å². The van der Waals surface area contributed by atoms with Gasteiger partial charge in [-0.25, -0.2) is 22.3 Å². The molecule has 0 spiro atoms. The van der Waals surface area contributed by atoms with E-state index in [1.54, 1.807) is 19.1 Å². The Kier molecular flexibility index (Phi) is 8.21. The first-order chi connectivity index (χ1) is 16.4. The quantitative estimate of drug-likeness (QED) is 0.385. The number of amides is 1. The zero-order valence-corrected chi connectivity index (χ0v) is 21.8. The highest BCUT2D eigenvalue weighted by Gasteiger charge is 2.43. The number of nitrogens with one attached hydrogen (secondary N) is 1. The van der Waals surface area contributed by atoms with Gasteiger partial charge in [0.15, 0.2) is 24.4 Å². The highest BCUT2D eigenvalue weighted by atomic mass is 32.2. The number of carbonyl (C=O) groups excluding carboxylic acids is 1. The molecule has 0 aromatic heterocycles. The summed E-state index contributed by atoms with van der Waals surface area (Å²) in [7, 11) is -6.93. The Morgan fingerprint density at radius 1 is 1.00 bits per heavy atom. The van der Waals surface area contributed by atoms with E-state index in [0.29, 0.717) is 18.0 Å². The molecule has 1 heterocycles. The summed E-state index contributed by atoms with van der Waals surface area (Å²) in [4.78, 5) is 14.4. The number of rotatable bonds is 9. The number of benzene rings is 2. The van der Waals surface area contributed by atoms with E-state index in [1.807, 2.05) is 36.4 Å². The maximum Gasteiger partial charge on any atom is 0.264 e. The summed E-state index contributed by atoms with van der Waals surface area (Å²) in [5, 5.41) is 8.97. The van der Waals surface area contributed by atoms with E-state index in [9.17, 15) is 21.6 Å². The van der Waals surface area contributed by atoms with E-state index in [2.05, 4.69) is 11.0 Å². The minimum absolute atomic E-state index is 0.0720. The smallest absolute Gasteiger partial charge is 0.264 e. The zero-order valence-electron chi connectivity index (χ0n) is 20.2. The van der Waals surface area contributed by atoms with Crippen LogP contribution < -0.4 is 5.48 Å². The molecule has 1 amide bonds. The molecule has 0 saturated heterocycles. The fourth-order valence-corrected chi connectivity index (χ4v) is 5.76. The topological polar surface area (TPSA) is 121 Å². The Hall–Kier alpha value is -2.53. The van der Waals surface area contributed by atoms with E-state index in [4.69, 9.17) is 5.21 Å². The lowest BCUT2D eigenvalue weighted by atomic mass is 9.96. The Balaban J connectivity index is 1.65. The normalized spacial score (nSPS) is 16.9. The van der Waals surface area contributed by atoms with Gasteiger partial charge >= 0.3 is 0 Å². The molecule has 3 rings (SSSR count). The fourth-order valence-electron chi connectivity index (χ4n) is 4.03. The average Bonchev–Trinajstić information content (AvgIpc) is 2.86. The first-order valence-corrected chi connectivity index (χ1v) is 14.9. The van der Waals surface area contributed by atoms with Crippen molar-refractivity contribution >= 4 is 31.2 Å². The second-order valence-electron chi connectivity index (χ2n) is 8.98. The first kappa shape index (κ1) is 27.1. The molecule has 0 radical (unpaired) electrons. The van der Waals surface area contributed by atoms with E-state index < -0.39 is 30.3 Å². The van der Waals surface area contributed by atoms with Crippen LogP contribution >= 0.6 is 0 Å². The highest BCUT2D eigenvalue weighted by molar-refractivity contribution is 7.92. The summed E-state index contributed by atoms with van der Waals surface area (Å²) in [6.07, 6.45) is 3.97. The number of nitrogens with zero attached hydrogens (tertiary/aromatic N) is 1. The van der Waals surface area contributed by atoms with Crippen molar-refractivity contribution in [3.8, 4) is 11.1 Å². The molecule has 10 heteroatoms. The second-order valence-corrected chi connectivity index (χ2v) is 13.7. The van der Waals surface area contributed by atoms with E-state index in [1.165, 1.54) is 18.0 Å². The predicted molar refractivity (Wildman–Crippen MR) is 136 cm³/mol. The molecule has 2 aromatic carbocycles. The predicted octanol–water partition coefficient (Wildman–Crippen LogP) is 2.94. The van der Waals surface area contributed by atoms with Gasteiger partial charge in [0.1, 0.15) is 0 Å². The van der Waals surface area contributed by atoms with Crippen LogP contribution in [0.1, 0.15) is 32.3 Å². The van der Waals surface area contributed by atoms with Crippen molar-refractivity contribution in [2.24, 2.45) is 0 Å². The molecule has 190 valence electrons. The van der Waals surface area contributed by atoms with Gasteiger partial charge in [-0.15, -0.1) is 0 Å². The van der Waals surface area contributed by atoms with Gasteiger partial charge in [-0.1, -0.05) is 49.4 Å². The number of sulfone groups is 2. The van der Waals surface area contributed by atoms with Crippen molar-refractivity contribution in [3.05, 3.63) is 60.2 Å². The Morgan fingerprint density at radius 3 is 2.00 bits per heavy atom. The molecule has 0 bridgehead atoms. The van der Waals surface area contributed by atoms with E-state index >= 15 is 0 Å². The Labute approximate surface area is 207 Å². The molecule has 0 saturated carbocycles. The standard InChI is InChI=1S/C25H32N2O6S2/c1-4-35(32,33)23-11-9-21(10-12-23)19-5-7-20(8-6-19)22-13-16-27(17-14-22)18-15-25(2,24(28)26-29)34(3,30)31/h5-13,29H,4,14-18H2,1-3H3,(H,26,28). The van der Waals surface area contributed by atoms with Gasteiger partial charge in [-0.2, -0.15) is 0 Å². The second kappa shape index (κ2) is 10.6. The maximum absolute atomic E-state index is 12.1. The van der Waals surface area contributed by atoms with E-state index in [-0.39, 0.29) is 12.2 Å². The van der Waals surface area contributed by atoms with Crippen LogP contribution in [0.25, 0.3) is 16.7 Å². The average molecular weight is 521 g/mol. The minimum Gasteiger partial charge on any atom is -0.299 e. The van der Waals surface area contributed by atoms with Crippen LogP contribution in [0.15, 0.2) is 59.5 Å². The largest absolute Gasteiger partial charge is 0.299 e. The van der Waals surface area contributed by atoms with Crippen molar-refractivity contribution in [2.75, 3.05) is 31.6 Å². The summed E-state index contributed by atoms with van der Waals surface area (Å²) >= 11 is 0. The first-order valence-electron chi connectivity index (χ1n) is 11.4. The molecular weight excluding hydrogens is 488 g/mol. The van der Waals surface area contributed by atoms with Gasteiger partial charge in [0, 0.05) is 25.9 Å². The molecule has 0 fully saturated rings. The van der Waals surface area contributed by atoms with Crippen molar-refractivity contribution in [3.63, 3.8) is 0 Å². The lowest BCUT2D eigenvalue weighted by molar-refractivity contribution is -0.131. The van der Waals surface area contributed by atoms with Crippen molar-refractivity contribution in [1.29, 1.82) is 0 Å². The van der Waals surface area contributed by atoms with Crippen LogP contribution in [0, 0.1) is 0 Å². The number of hydroxylamine groups is 1. The number of hydrogen-bond donors (Lipinski definition) is 2. The zero-order chi connectivity index (χ0) is 25.9. The molecule has 35 heavy (non-hydrogen) atoms. The van der Waals surface area contributed by atoms with Gasteiger partial charge in [0.25, 0.3) is 5.91 Å². The molecule has 1 aliphatic heterocycles. The van der Waals surface area contributed by atoms with Gasteiger partial charge in [0.05, 0.1) is 10.6 Å². The lowest BCUT2D eigenvalue weighted by Gasteiger charge is -2.31. The third-order valence-electron chi connectivity index (χ3n) is 6.78. The number of carbonyl (C=O) groups is 1. The van der Waals surface area contributed by atoms with Gasteiger partial charge in [0.2, 0.25) is 0 Å². The summed E-state index contributed by atoms with van der Waals surface area (Å²) in [6.45, 7) is 4.72. The van der Waals surface area contributed by atoms with Gasteiger partial charge in [-0.3, -0.25) is 14.9 Å². The van der Waals surface area contributed by atoms with Crippen LogP contribution in [0.4, 0.5) is 0 Å². The van der Waals surface area contributed by atoms with Crippen LogP contribution in [-0.2, 0) is 24.5 Å². The van der Waals surface area contributed by atoms with Crippen molar-refractivity contribution < 1.29 is 26.8 Å². The Bertz CT molecular complexity index is 1300. The highest BCUT2D eigenvalue weighted by Crippen LogP contribution is 2.28. The summed E-state index contributed by atoms with van der Waals surface area (Å²) < 4.78 is 46.6. The van der Waals surface area contributed by atoms with E-state index in [0.717, 1.165) is 35.9 Å². The maximum atomic E-state index is 12.1. The molecule has 1 unspecified atom stereocenters. The van der Waals surface area contributed by atoms with Crippen molar-refractivity contribution in [2.45, 2.75) is 36.3 Å². The molecule has 2 N–H and O–H groups in total. The SMILES string of the molecule is CCS(=O)(=O)c1ccc(-c2ccc(C3=CCN(CCC(C)(C(=O)NO)S(C)(=O)=O)CC3)cc2)cc1. The van der Waals surface area contributed by atoms with Gasteiger partial charge in [-0.05, 0) is 54.2 Å². The minimum atomic E-state index is -3.71. The monoisotopic (exact) mass is 520 g/mol. The molecule has 1 atom stereocenters. The van der Waals surface area contributed by atoms with Gasteiger partial charge < -0.3 is 0 Å². The third kappa shape index (κ3) is 6.00. The van der Waals surface area contributed by atoms with Crippen molar-refractivity contribution in [1.82, 2.24) is 10.4 Å². The van der Waals surface area contributed by atoms with Crippen LogP contribution in [0.5, 0.6) is 0 Å². The summed E-state index contributed by atoms with van der Waals surface area (Å²) in [5.41, 5.74) is 5.70. The molecule has 1 aliphatic rings. The molecule has 8 nitrogen and oxygen atoms in total. The summed E-state index contributed by atoms with van der Waals surface area (Å²) in [5.74, 6) is -0.849. The third-order valence-corrected chi connectivity index (χ3v) is 10.6. The molecule has 2 aromatic rings.